The standard InChI is InChI=1S/C19H36O5Si2/c1-20-17-8-9-18(23-15-21-10-12-25(2,3)4)19(14-17)24-16-22-11-13-26(5,6)7/h8-9,14H,10-13,15-16H2,1-7H3. The van der Waals surface area contributed by atoms with Crippen LogP contribution in [0.4, 0.5) is 0 Å². The third-order valence-electron chi connectivity index (χ3n) is 3.74. The second-order valence-electron chi connectivity index (χ2n) is 8.77. The minimum Gasteiger partial charge on any atom is -0.497 e. The Morgan fingerprint density at radius 3 is 1.69 bits per heavy atom. The highest BCUT2D eigenvalue weighted by Crippen LogP contribution is 2.31. The van der Waals surface area contributed by atoms with E-state index in [2.05, 4.69) is 39.3 Å². The lowest BCUT2D eigenvalue weighted by Gasteiger charge is -2.17. The second-order valence-corrected chi connectivity index (χ2v) is 20.0. The molecule has 0 heterocycles. The Labute approximate surface area is 161 Å². The number of rotatable bonds is 13. The first-order chi connectivity index (χ1) is 12.1. The molecule has 7 heteroatoms. The summed E-state index contributed by atoms with van der Waals surface area (Å²) in [6, 6.07) is 7.71. The van der Waals surface area contributed by atoms with E-state index in [9.17, 15) is 0 Å². The smallest absolute Gasteiger partial charge is 0.189 e. The van der Waals surface area contributed by atoms with Crippen molar-refractivity contribution in [1.82, 2.24) is 0 Å². The maximum atomic E-state index is 5.75. The lowest BCUT2D eigenvalue weighted by molar-refractivity contribution is 0.00562. The quantitative estimate of drug-likeness (QED) is 0.262. The molecule has 0 radical (unpaired) electrons. The Bertz CT molecular complexity index is 524. The predicted octanol–water partition coefficient (Wildman–Crippen LogP) is 5.08. The van der Waals surface area contributed by atoms with Crippen molar-refractivity contribution in [3.8, 4) is 17.2 Å². The molecular formula is C19H36O5Si2. The van der Waals surface area contributed by atoms with E-state index in [0.717, 1.165) is 25.3 Å². The topological polar surface area (TPSA) is 46.2 Å². The van der Waals surface area contributed by atoms with Gasteiger partial charge >= 0.3 is 0 Å². The van der Waals surface area contributed by atoms with Crippen LogP contribution >= 0.6 is 0 Å². The monoisotopic (exact) mass is 400 g/mol. The summed E-state index contributed by atoms with van der Waals surface area (Å²) >= 11 is 0. The molecule has 26 heavy (non-hydrogen) atoms. The van der Waals surface area contributed by atoms with Gasteiger partial charge < -0.3 is 23.7 Å². The van der Waals surface area contributed by atoms with Gasteiger partial charge in [0.15, 0.2) is 25.1 Å². The summed E-state index contributed by atoms with van der Waals surface area (Å²) in [6.45, 7) is 15.8. The molecule has 5 nitrogen and oxygen atoms in total. The summed E-state index contributed by atoms with van der Waals surface area (Å²) in [5.41, 5.74) is 0. The van der Waals surface area contributed by atoms with Gasteiger partial charge in [-0.2, -0.15) is 0 Å². The fourth-order valence-electron chi connectivity index (χ4n) is 1.93. The fourth-order valence-corrected chi connectivity index (χ4v) is 3.45. The number of ether oxygens (including phenoxy) is 5. The highest BCUT2D eigenvalue weighted by molar-refractivity contribution is 6.76. The van der Waals surface area contributed by atoms with Crippen molar-refractivity contribution in [2.45, 2.75) is 51.4 Å². The molecule has 1 aromatic carbocycles. The molecule has 0 unspecified atom stereocenters. The van der Waals surface area contributed by atoms with Crippen LogP contribution in [0.15, 0.2) is 18.2 Å². The van der Waals surface area contributed by atoms with Crippen molar-refractivity contribution in [2.24, 2.45) is 0 Å². The SMILES string of the molecule is COc1ccc(OCOCC[Si](C)(C)C)c(OCOCC[Si](C)(C)C)c1. The lowest BCUT2D eigenvalue weighted by Crippen LogP contribution is -2.22. The summed E-state index contributed by atoms with van der Waals surface area (Å²) in [5, 5.41) is 0. The second kappa shape index (κ2) is 11.0. The van der Waals surface area contributed by atoms with Gasteiger partial charge in [0.05, 0.1) is 7.11 Å². The van der Waals surface area contributed by atoms with Crippen LogP contribution in [0.5, 0.6) is 17.2 Å². The lowest BCUT2D eigenvalue weighted by atomic mass is 10.3. The van der Waals surface area contributed by atoms with E-state index in [1.807, 2.05) is 12.1 Å². The van der Waals surface area contributed by atoms with Crippen molar-refractivity contribution in [3.63, 3.8) is 0 Å². The number of methoxy groups -OCH3 is 1. The van der Waals surface area contributed by atoms with Gasteiger partial charge in [-0.15, -0.1) is 0 Å². The molecule has 150 valence electrons. The Morgan fingerprint density at radius 2 is 1.23 bits per heavy atom. The minimum absolute atomic E-state index is 0.199. The molecule has 0 aromatic heterocycles. The Balaban J connectivity index is 2.46. The van der Waals surface area contributed by atoms with Crippen molar-refractivity contribution >= 4 is 16.1 Å². The zero-order chi connectivity index (χ0) is 19.6. The van der Waals surface area contributed by atoms with E-state index in [1.54, 1.807) is 13.2 Å². The number of hydrogen-bond donors (Lipinski definition) is 0. The van der Waals surface area contributed by atoms with Gasteiger partial charge in [-0.05, 0) is 24.2 Å². The van der Waals surface area contributed by atoms with Gasteiger partial charge in [-0.25, -0.2) is 0 Å². The molecule has 1 rings (SSSR count). The third-order valence-corrected chi connectivity index (χ3v) is 7.15. The van der Waals surface area contributed by atoms with Gasteiger partial charge in [0, 0.05) is 35.4 Å². The van der Waals surface area contributed by atoms with Gasteiger partial charge in [0.2, 0.25) is 0 Å². The van der Waals surface area contributed by atoms with Crippen LogP contribution in [0, 0.1) is 0 Å². The molecule has 0 aliphatic heterocycles. The van der Waals surface area contributed by atoms with E-state index in [0.29, 0.717) is 17.2 Å². The van der Waals surface area contributed by atoms with Crippen LogP contribution in [0.3, 0.4) is 0 Å². The normalized spacial score (nSPS) is 12.1. The maximum absolute atomic E-state index is 5.75. The Kier molecular flexibility index (Phi) is 9.70. The maximum Gasteiger partial charge on any atom is 0.189 e. The summed E-state index contributed by atoms with van der Waals surface area (Å²) in [6.07, 6.45) is 0. The predicted molar refractivity (Wildman–Crippen MR) is 112 cm³/mol. The summed E-state index contributed by atoms with van der Waals surface area (Å²) < 4.78 is 28.0. The molecular weight excluding hydrogens is 364 g/mol. The van der Waals surface area contributed by atoms with Gasteiger partial charge in [-0.3, -0.25) is 0 Å². The van der Waals surface area contributed by atoms with Crippen LogP contribution < -0.4 is 14.2 Å². The zero-order valence-corrected chi connectivity index (χ0v) is 19.5. The van der Waals surface area contributed by atoms with Crippen LogP contribution in [0.2, 0.25) is 51.4 Å². The Morgan fingerprint density at radius 1 is 0.731 bits per heavy atom. The van der Waals surface area contributed by atoms with Crippen molar-refractivity contribution in [1.29, 1.82) is 0 Å². The molecule has 0 amide bonds. The number of benzene rings is 1. The highest BCUT2D eigenvalue weighted by atomic mass is 28.3. The van der Waals surface area contributed by atoms with Crippen LogP contribution in [0.25, 0.3) is 0 Å². The molecule has 0 bridgehead atoms. The van der Waals surface area contributed by atoms with Crippen LogP contribution in [0.1, 0.15) is 0 Å². The van der Waals surface area contributed by atoms with E-state index < -0.39 is 16.1 Å². The van der Waals surface area contributed by atoms with Crippen LogP contribution in [-0.4, -0.2) is 50.1 Å². The fraction of sp³-hybridized carbons (Fsp3) is 0.684. The molecule has 0 saturated heterocycles. The molecule has 1 aromatic rings. The molecule has 0 spiro atoms. The Hall–Kier alpha value is -1.03. The zero-order valence-electron chi connectivity index (χ0n) is 17.5. The molecule has 0 fully saturated rings. The molecule has 0 saturated carbocycles. The highest BCUT2D eigenvalue weighted by Gasteiger charge is 2.14. The van der Waals surface area contributed by atoms with Crippen molar-refractivity contribution < 1.29 is 23.7 Å². The molecule has 0 aliphatic carbocycles. The summed E-state index contributed by atoms with van der Waals surface area (Å²) in [4.78, 5) is 0. The molecule has 0 N–H and O–H groups in total. The van der Waals surface area contributed by atoms with Crippen molar-refractivity contribution in [2.75, 3.05) is 33.9 Å². The summed E-state index contributed by atoms with van der Waals surface area (Å²) in [7, 11) is -0.546. The first-order valence-corrected chi connectivity index (χ1v) is 16.6. The average Bonchev–Trinajstić information content (AvgIpc) is 2.53. The van der Waals surface area contributed by atoms with Gasteiger partial charge in [-0.1, -0.05) is 39.3 Å². The van der Waals surface area contributed by atoms with Crippen molar-refractivity contribution in [3.05, 3.63) is 18.2 Å². The first kappa shape index (κ1) is 23.0. The average molecular weight is 401 g/mol. The van der Waals surface area contributed by atoms with E-state index in [-0.39, 0.29) is 13.6 Å². The minimum atomic E-state index is -1.09. The largest absolute Gasteiger partial charge is 0.497 e. The van der Waals surface area contributed by atoms with Gasteiger partial charge in [0.25, 0.3) is 0 Å². The third kappa shape index (κ3) is 10.9. The van der Waals surface area contributed by atoms with Crippen LogP contribution in [-0.2, 0) is 9.47 Å². The van der Waals surface area contributed by atoms with E-state index in [4.69, 9.17) is 23.7 Å². The number of hydrogen-bond acceptors (Lipinski definition) is 5. The first-order valence-electron chi connectivity index (χ1n) is 9.20. The van der Waals surface area contributed by atoms with E-state index in [1.165, 1.54) is 0 Å². The van der Waals surface area contributed by atoms with Gasteiger partial charge in [0.1, 0.15) is 5.75 Å². The molecule has 0 atom stereocenters. The summed E-state index contributed by atoms with van der Waals surface area (Å²) in [5.74, 6) is 1.95. The van der Waals surface area contributed by atoms with E-state index >= 15 is 0 Å². The molecule has 0 aliphatic rings.